The Bertz CT molecular complexity index is 243. The maximum absolute atomic E-state index is 10.9. The molecule has 0 bridgehead atoms. The van der Waals surface area contributed by atoms with Gasteiger partial charge in [-0.1, -0.05) is 6.92 Å². The Morgan fingerprint density at radius 1 is 1.64 bits per heavy atom. The van der Waals surface area contributed by atoms with Gasteiger partial charge in [0.1, 0.15) is 0 Å². The molecular formula is C8H14Cl2N2O2. The van der Waals surface area contributed by atoms with Crippen LogP contribution in [0.4, 0.5) is 0 Å². The lowest BCUT2D eigenvalue weighted by molar-refractivity contribution is -0.153. The molecule has 6 heteroatoms. The van der Waals surface area contributed by atoms with Crippen LogP contribution >= 0.6 is 24.8 Å². The first kappa shape index (κ1) is 15.9. The molecule has 14 heavy (non-hydrogen) atoms. The van der Waals surface area contributed by atoms with E-state index in [9.17, 15) is 4.79 Å². The molecule has 2 N–H and O–H groups in total. The molecule has 1 atom stereocenters. The normalized spacial score (nSPS) is 23.3. The van der Waals surface area contributed by atoms with Crippen molar-refractivity contribution >= 4 is 37.0 Å². The van der Waals surface area contributed by atoms with Gasteiger partial charge in [0.05, 0.1) is 6.54 Å². The zero-order valence-corrected chi connectivity index (χ0v) is 9.44. The van der Waals surface area contributed by atoms with Crippen LogP contribution in [0.25, 0.3) is 0 Å². The van der Waals surface area contributed by atoms with Crippen molar-refractivity contribution in [2.24, 2.45) is 10.7 Å². The van der Waals surface area contributed by atoms with E-state index < -0.39 is 5.72 Å². The van der Waals surface area contributed by atoms with Crippen molar-refractivity contribution in [1.82, 2.24) is 0 Å². The van der Waals surface area contributed by atoms with Gasteiger partial charge >= 0.3 is 5.97 Å². The quantitative estimate of drug-likeness (QED) is 0.581. The standard InChI is InChI=1S/C8H12N2O2.2ClH/c1-2-7(11)12-8(9)4-3-5-10-6-8;;/h3-5H,2,6,9H2,1H3;2*1H. The second kappa shape index (κ2) is 6.81. The predicted molar refractivity (Wildman–Crippen MR) is 60.3 cm³/mol. The number of hydrogen-bond donors (Lipinski definition) is 1. The van der Waals surface area contributed by atoms with Crippen LogP contribution in [0, 0.1) is 0 Å². The molecule has 1 heterocycles. The molecule has 0 aliphatic carbocycles. The van der Waals surface area contributed by atoms with Crippen molar-refractivity contribution in [1.29, 1.82) is 0 Å². The minimum atomic E-state index is -1.03. The van der Waals surface area contributed by atoms with Crippen LogP contribution in [0.15, 0.2) is 17.1 Å². The average Bonchev–Trinajstić information content (AvgIpc) is 2.05. The van der Waals surface area contributed by atoms with Crippen LogP contribution in [-0.4, -0.2) is 24.5 Å². The maximum Gasteiger partial charge on any atom is 0.307 e. The molecular weight excluding hydrogens is 227 g/mol. The lowest BCUT2D eigenvalue weighted by Gasteiger charge is -2.25. The van der Waals surface area contributed by atoms with Crippen LogP contribution in [0.5, 0.6) is 0 Å². The van der Waals surface area contributed by atoms with E-state index >= 15 is 0 Å². The van der Waals surface area contributed by atoms with E-state index in [1.54, 1.807) is 25.3 Å². The van der Waals surface area contributed by atoms with Gasteiger partial charge in [0.2, 0.25) is 5.72 Å². The minimum Gasteiger partial charge on any atom is -0.438 e. The van der Waals surface area contributed by atoms with Gasteiger partial charge < -0.3 is 4.74 Å². The van der Waals surface area contributed by atoms with E-state index in [1.165, 1.54) is 0 Å². The lowest BCUT2D eigenvalue weighted by atomic mass is 10.2. The minimum absolute atomic E-state index is 0. The number of rotatable bonds is 2. The molecule has 0 aromatic rings. The van der Waals surface area contributed by atoms with Crippen molar-refractivity contribution in [3.05, 3.63) is 12.2 Å². The van der Waals surface area contributed by atoms with Crippen LogP contribution < -0.4 is 5.73 Å². The Hall–Kier alpha value is -0.580. The lowest BCUT2D eigenvalue weighted by Crippen LogP contribution is -2.46. The second-order valence-electron chi connectivity index (χ2n) is 2.63. The summed E-state index contributed by atoms with van der Waals surface area (Å²) in [6.45, 7) is 2.02. The summed E-state index contributed by atoms with van der Waals surface area (Å²) in [6, 6.07) is 0. The SMILES string of the molecule is CCC(=O)OC1(N)C=CC=NC1.Cl.Cl. The van der Waals surface area contributed by atoms with Gasteiger partial charge in [0, 0.05) is 12.6 Å². The summed E-state index contributed by atoms with van der Waals surface area (Å²) >= 11 is 0. The number of nitrogens with two attached hydrogens (primary N) is 1. The average molecular weight is 241 g/mol. The molecule has 0 saturated carbocycles. The first-order chi connectivity index (χ1) is 5.66. The van der Waals surface area contributed by atoms with Crippen molar-refractivity contribution < 1.29 is 9.53 Å². The number of carbonyl (C=O) groups excluding carboxylic acids is 1. The summed E-state index contributed by atoms with van der Waals surface area (Å²) in [5.74, 6) is -0.306. The van der Waals surface area contributed by atoms with Crippen LogP contribution in [0.1, 0.15) is 13.3 Å². The fraction of sp³-hybridized carbons (Fsp3) is 0.500. The molecule has 0 fully saturated rings. The van der Waals surface area contributed by atoms with Gasteiger partial charge in [-0.2, -0.15) is 0 Å². The second-order valence-corrected chi connectivity index (χ2v) is 2.63. The topological polar surface area (TPSA) is 64.7 Å². The summed E-state index contributed by atoms with van der Waals surface area (Å²) < 4.78 is 4.97. The molecule has 0 spiro atoms. The molecule has 1 unspecified atom stereocenters. The fourth-order valence-corrected chi connectivity index (χ4v) is 0.865. The first-order valence-corrected chi connectivity index (χ1v) is 3.85. The number of ether oxygens (including phenoxy) is 1. The van der Waals surface area contributed by atoms with E-state index in [0.717, 1.165) is 0 Å². The molecule has 0 radical (unpaired) electrons. The highest BCUT2D eigenvalue weighted by atomic mass is 35.5. The Balaban J connectivity index is 0. The number of nitrogens with zero attached hydrogens (tertiary/aromatic N) is 1. The third-order valence-electron chi connectivity index (χ3n) is 1.50. The molecule has 82 valence electrons. The van der Waals surface area contributed by atoms with Crippen LogP contribution in [-0.2, 0) is 9.53 Å². The highest BCUT2D eigenvalue weighted by Gasteiger charge is 2.26. The van der Waals surface area contributed by atoms with Gasteiger partial charge in [-0.05, 0) is 12.2 Å². The van der Waals surface area contributed by atoms with Gasteiger partial charge in [-0.3, -0.25) is 15.5 Å². The summed E-state index contributed by atoms with van der Waals surface area (Å²) in [6.07, 6.45) is 5.27. The third-order valence-corrected chi connectivity index (χ3v) is 1.50. The Morgan fingerprint density at radius 3 is 2.71 bits per heavy atom. The number of halogens is 2. The molecule has 4 nitrogen and oxygen atoms in total. The Morgan fingerprint density at radius 2 is 2.29 bits per heavy atom. The zero-order chi connectivity index (χ0) is 9.03. The number of carbonyl (C=O) groups is 1. The van der Waals surface area contributed by atoms with E-state index in [0.29, 0.717) is 13.0 Å². The van der Waals surface area contributed by atoms with Gasteiger partial charge in [0.25, 0.3) is 0 Å². The summed E-state index contributed by atoms with van der Waals surface area (Å²) in [7, 11) is 0. The number of hydrogen-bond acceptors (Lipinski definition) is 4. The summed E-state index contributed by atoms with van der Waals surface area (Å²) in [5, 5.41) is 0. The molecule has 0 aromatic carbocycles. The fourth-order valence-electron chi connectivity index (χ4n) is 0.865. The molecule has 1 aliphatic rings. The predicted octanol–water partition coefficient (Wildman–Crippen LogP) is 1.08. The maximum atomic E-state index is 10.9. The summed E-state index contributed by atoms with van der Waals surface area (Å²) in [5.41, 5.74) is 4.67. The molecule has 0 aromatic heterocycles. The van der Waals surface area contributed by atoms with Crippen molar-refractivity contribution in [2.45, 2.75) is 19.1 Å². The van der Waals surface area contributed by atoms with E-state index in [4.69, 9.17) is 10.5 Å². The van der Waals surface area contributed by atoms with Crippen molar-refractivity contribution in [3.63, 3.8) is 0 Å². The van der Waals surface area contributed by atoms with Crippen LogP contribution in [0.2, 0.25) is 0 Å². The van der Waals surface area contributed by atoms with Gasteiger partial charge in [-0.25, -0.2) is 0 Å². The first-order valence-electron chi connectivity index (χ1n) is 3.85. The highest BCUT2D eigenvalue weighted by molar-refractivity contribution is 5.85. The number of allylic oxidation sites excluding steroid dienone is 1. The Kier molecular flexibility index (Phi) is 7.72. The monoisotopic (exact) mass is 240 g/mol. The van der Waals surface area contributed by atoms with Crippen LogP contribution in [0.3, 0.4) is 0 Å². The van der Waals surface area contributed by atoms with E-state index in [1.807, 2.05) is 0 Å². The van der Waals surface area contributed by atoms with E-state index in [-0.39, 0.29) is 30.8 Å². The smallest absolute Gasteiger partial charge is 0.307 e. The number of aliphatic imine (C=N–C) groups is 1. The van der Waals surface area contributed by atoms with Crippen molar-refractivity contribution in [3.8, 4) is 0 Å². The third kappa shape index (κ3) is 4.60. The van der Waals surface area contributed by atoms with Gasteiger partial charge in [0.15, 0.2) is 0 Å². The number of dihydropyridines is 1. The number of esters is 1. The Labute approximate surface area is 95.4 Å². The summed E-state index contributed by atoms with van der Waals surface area (Å²) in [4.78, 5) is 14.8. The van der Waals surface area contributed by atoms with Crippen molar-refractivity contribution in [2.75, 3.05) is 6.54 Å². The highest BCUT2D eigenvalue weighted by Crippen LogP contribution is 2.10. The van der Waals surface area contributed by atoms with E-state index in [2.05, 4.69) is 4.99 Å². The van der Waals surface area contributed by atoms with Gasteiger partial charge in [-0.15, -0.1) is 24.8 Å². The largest absolute Gasteiger partial charge is 0.438 e. The molecule has 1 rings (SSSR count). The molecule has 0 amide bonds. The molecule has 0 saturated heterocycles. The zero-order valence-electron chi connectivity index (χ0n) is 7.80. The molecule has 1 aliphatic heterocycles.